The lowest BCUT2D eigenvalue weighted by atomic mass is 10.2. The average Bonchev–Trinajstić information content (AvgIpc) is 2.88. The van der Waals surface area contributed by atoms with Crippen molar-refractivity contribution in [1.29, 1.82) is 0 Å². The molecule has 0 N–H and O–H groups in total. The zero-order valence-corrected chi connectivity index (χ0v) is 10.1. The smallest absolute Gasteiger partial charge is 0.256 e. The van der Waals surface area contributed by atoms with E-state index < -0.39 is 17.5 Å². The Bertz CT molecular complexity index is 572. The summed E-state index contributed by atoms with van der Waals surface area (Å²) in [6, 6.07) is 2.85. The topological polar surface area (TPSA) is 59.2 Å². The molecule has 2 rings (SSSR count). The number of amides is 1. The maximum absolute atomic E-state index is 13.4. The molecule has 5 nitrogen and oxygen atoms in total. The molecule has 0 unspecified atom stereocenters. The molecule has 7 heteroatoms. The highest BCUT2D eigenvalue weighted by molar-refractivity contribution is 5.94. The fourth-order valence-corrected chi connectivity index (χ4v) is 1.54. The number of hydrogen-bond acceptors (Lipinski definition) is 4. The molecule has 1 aromatic carbocycles. The van der Waals surface area contributed by atoms with Crippen LogP contribution in [0.2, 0.25) is 0 Å². The fraction of sp³-hybridized carbons (Fsp3) is 0.250. The number of rotatable bonds is 4. The van der Waals surface area contributed by atoms with Gasteiger partial charge in [0.1, 0.15) is 11.6 Å². The number of aromatic nitrogens is 2. The third-order valence-corrected chi connectivity index (χ3v) is 2.59. The van der Waals surface area contributed by atoms with Crippen LogP contribution in [0.4, 0.5) is 8.78 Å². The number of benzene rings is 1. The first-order chi connectivity index (χ1) is 9.08. The SMILES string of the molecule is CN(CCc1ncon1)C(=O)c1ccc(F)cc1F. The van der Waals surface area contributed by atoms with Gasteiger partial charge in [0.15, 0.2) is 5.82 Å². The van der Waals surface area contributed by atoms with E-state index in [-0.39, 0.29) is 5.56 Å². The number of nitrogens with zero attached hydrogens (tertiary/aromatic N) is 3. The molecule has 0 aliphatic heterocycles. The van der Waals surface area contributed by atoms with Crippen LogP contribution in [0.15, 0.2) is 29.1 Å². The van der Waals surface area contributed by atoms with Crippen molar-refractivity contribution in [2.75, 3.05) is 13.6 Å². The van der Waals surface area contributed by atoms with Crippen molar-refractivity contribution < 1.29 is 18.1 Å². The first-order valence-electron chi connectivity index (χ1n) is 5.53. The summed E-state index contributed by atoms with van der Waals surface area (Å²) < 4.78 is 30.8. The Hall–Kier alpha value is -2.31. The van der Waals surface area contributed by atoms with Gasteiger partial charge in [-0.1, -0.05) is 5.16 Å². The van der Waals surface area contributed by atoms with E-state index in [0.29, 0.717) is 24.9 Å². The van der Waals surface area contributed by atoms with Crippen LogP contribution < -0.4 is 0 Å². The number of hydrogen-bond donors (Lipinski definition) is 0. The van der Waals surface area contributed by atoms with Crippen LogP contribution in [0.25, 0.3) is 0 Å². The molecule has 0 radical (unpaired) electrons. The lowest BCUT2D eigenvalue weighted by Gasteiger charge is -2.16. The second kappa shape index (κ2) is 5.55. The van der Waals surface area contributed by atoms with E-state index in [9.17, 15) is 13.6 Å². The van der Waals surface area contributed by atoms with Gasteiger partial charge in [-0.25, -0.2) is 8.78 Å². The first kappa shape index (κ1) is 13.1. The summed E-state index contributed by atoms with van der Waals surface area (Å²) in [5.74, 6) is -1.67. The van der Waals surface area contributed by atoms with Crippen molar-refractivity contribution in [3.8, 4) is 0 Å². The first-order valence-corrected chi connectivity index (χ1v) is 5.53. The van der Waals surface area contributed by atoms with E-state index in [0.717, 1.165) is 12.1 Å². The van der Waals surface area contributed by atoms with Crippen LogP contribution >= 0.6 is 0 Å². The van der Waals surface area contributed by atoms with Crippen LogP contribution in [0.3, 0.4) is 0 Å². The van der Waals surface area contributed by atoms with Crippen molar-refractivity contribution in [2.45, 2.75) is 6.42 Å². The third-order valence-electron chi connectivity index (χ3n) is 2.59. The minimum Gasteiger partial charge on any atom is -0.343 e. The van der Waals surface area contributed by atoms with Crippen LogP contribution in [-0.2, 0) is 6.42 Å². The zero-order valence-electron chi connectivity index (χ0n) is 10.1. The average molecular weight is 267 g/mol. The van der Waals surface area contributed by atoms with Gasteiger partial charge in [-0.2, -0.15) is 4.98 Å². The summed E-state index contributed by atoms with van der Waals surface area (Å²) in [6.45, 7) is 0.301. The molecule has 19 heavy (non-hydrogen) atoms. The molecule has 0 saturated heterocycles. The Morgan fingerprint density at radius 1 is 1.42 bits per heavy atom. The van der Waals surface area contributed by atoms with Crippen LogP contribution in [-0.4, -0.2) is 34.5 Å². The molecule has 0 saturated carbocycles. The quantitative estimate of drug-likeness (QED) is 0.845. The number of carbonyl (C=O) groups is 1. The Labute approximate surface area is 107 Å². The van der Waals surface area contributed by atoms with Crippen LogP contribution in [0, 0.1) is 11.6 Å². The van der Waals surface area contributed by atoms with E-state index in [1.54, 1.807) is 0 Å². The molecule has 0 fully saturated rings. The van der Waals surface area contributed by atoms with Crippen molar-refractivity contribution in [2.24, 2.45) is 0 Å². The Morgan fingerprint density at radius 3 is 2.84 bits per heavy atom. The molecular formula is C12H11F2N3O2. The molecule has 2 aromatic rings. The highest BCUT2D eigenvalue weighted by Crippen LogP contribution is 2.11. The van der Waals surface area contributed by atoms with Crippen molar-refractivity contribution in [3.63, 3.8) is 0 Å². The van der Waals surface area contributed by atoms with Crippen molar-refractivity contribution in [1.82, 2.24) is 15.0 Å². The maximum atomic E-state index is 13.4. The second-order valence-corrected chi connectivity index (χ2v) is 3.95. The standard InChI is InChI=1S/C12H11F2N3O2/c1-17(5-4-11-15-7-19-16-11)12(18)9-3-2-8(13)6-10(9)14/h2-3,6-7H,4-5H2,1H3. The molecule has 0 bridgehead atoms. The molecule has 0 atom stereocenters. The van der Waals surface area contributed by atoms with Gasteiger partial charge in [-0.3, -0.25) is 4.79 Å². The van der Waals surface area contributed by atoms with E-state index >= 15 is 0 Å². The van der Waals surface area contributed by atoms with E-state index in [2.05, 4.69) is 14.7 Å². The van der Waals surface area contributed by atoms with E-state index in [1.807, 2.05) is 0 Å². The van der Waals surface area contributed by atoms with Gasteiger partial charge in [0, 0.05) is 26.1 Å². The second-order valence-electron chi connectivity index (χ2n) is 3.95. The maximum Gasteiger partial charge on any atom is 0.256 e. The van der Waals surface area contributed by atoms with Gasteiger partial charge in [-0.05, 0) is 12.1 Å². The van der Waals surface area contributed by atoms with Gasteiger partial charge in [0.25, 0.3) is 5.91 Å². The largest absolute Gasteiger partial charge is 0.343 e. The Morgan fingerprint density at radius 2 is 2.21 bits per heavy atom. The highest BCUT2D eigenvalue weighted by Gasteiger charge is 2.17. The lowest BCUT2D eigenvalue weighted by molar-refractivity contribution is 0.0791. The van der Waals surface area contributed by atoms with Gasteiger partial charge >= 0.3 is 0 Å². The highest BCUT2D eigenvalue weighted by atomic mass is 19.1. The van der Waals surface area contributed by atoms with Gasteiger partial charge in [-0.15, -0.1) is 0 Å². The number of carbonyl (C=O) groups excluding carboxylic acids is 1. The van der Waals surface area contributed by atoms with Crippen LogP contribution in [0.1, 0.15) is 16.2 Å². The summed E-state index contributed by atoms with van der Waals surface area (Å²) in [5, 5.41) is 3.60. The van der Waals surface area contributed by atoms with E-state index in [1.165, 1.54) is 18.3 Å². The molecule has 0 aliphatic carbocycles. The summed E-state index contributed by atoms with van der Waals surface area (Å²) in [5.41, 5.74) is -0.169. The van der Waals surface area contributed by atoms with Crippen molar-refractivity contribution in [3.05, 3.63) is 47.6 Å². The Kier molecular flexibility index (Phi) is 3.84. The molecule has 1 heterocycles. The van der Waals surface area contributed by atoms with Gasteiger partial charge in [0.2, 0.25) is 6.39 Å². The summed E-state index contributed by atoms with van der Waals surface area (Å²) in [6.07, 6.45) is 1.58. The molecule has 1 aromatic heterocycles. The summed E-state index contributed by atoms with van der Waals surface area (Å²) in [4.78, 5) is 17.1. The summed E-state index contributed by atoms with van der Waals surface area (Å²) >= 11 is 0. The predicted molar refractivity (Wildman–Crippen MR) is 61.3 cm³/mol. The normalized spacial score (nSPS) is 10.5. The van der Waals surface area contributed by atoms with Gasteiger partial charge < -0.3 is 9.42 Å². The third kappa shape index (κ3) is 3.12. The lowest BCUT2D eigenvalue weighted by Crippen LogP contribution is -2.29. The minimum absolute atomic E-state index is 0.169. The molecule has 0 spiro atoms. The summed E-state index contributed by atoms with van der Waals surface area (Å²) in [7, 11) is 1.52. The fourth-order valence-electron chi connectivity index (χ4n) is 1.54. The predicted octanol–water partition coefficient (Wildman–Crippen LogP) is 1.66. The molecule has 0 aliphatic rings. The van der Waals surface area contributed by atoms with E-state index in [4.69, 9.17) is 0 Å². The minimum atomic E-state index is -0.878. The Balaban J connectivity index is 2.02. The van der Waals surface area contributed by atoms with Crippen LogP contribution in [0.5, 0.6) is 0 Å². The zero-order chi connectivity index (χ0) is 13.8. The monoisotopic (exact) mass is 267 g/mol. The number of likely N-dealkylation sites (N-methyl/N-ethyl adjacent to an activating group) is 1. The number of halogens is 2. The van der Waals surface area contributed by atoms with Gasteiger partial charge in [0.05, 0.1) is 5.56 Å². The molecule has 1 amide bonds. The van der Waals surface area contributed by atoms with Crippen molar-refractivity contribution >= 4 is 5.91 Å². The molecule has 100 valence electrons. The molecular weight excluding hydrogens is 256 g/mol.